The lowest BCUT2D eigenvalue weighted by Gasteiger charge is -2.37. The summed E-state index contributed by atoms with van der Waals surface area (Å²) in [5, 5.41) is 3.53. The average Bonchev–Trinajstić information content (AvgIpc) is 2.39. The number of nitrogens with one attached hydrogen (secondary N) is 1. The molecule has 3 nitrogen and oxygen atoms in total. The average molecular weight is 270 g/mol. The summed E-state index contributed by atoms with van der Waals surface area (Å²) in [6.45, 7) is 13.9. The number of nitrogens with zero attached hydrogens (tertiary/aromatic N) is 1. The van der Waals surface area contributed by atoms with E-state index in [1.54, 1.807) is 0 Å². The van der Waals surface area contributed by atoms with E-state index in [0.29, 0.717) is 6.04 Å². The summed E-state index contributed by atoms with van der Waals surface area (Å²) in [5.41, 5.74) is -0.0176. The zero-order valence-electron chi connectivity index (χ0n) is 13.7. The van der Waals surface area contributed by atoms with E-state index in [-0.39, 0.29) is 5.60 Å². The van der Waals surface area contributed by atoms with Gasteiger partial charge in [-0.05, 0) is 72.0 Å². The molecule has 1 rings (SSSR count). The van der Waals surface area contributed by atoms with Crippen molar-refractivity contribution in [1.82, 2.24) is 10.2 Å². The summed E-state index contributed by atoms with van der Waals surface area (Å²) in [6, 6.07) is 0.594. The first kappa shape index (κ1) is 16.9. The van der Waals surface area contributed by atoms with Crippen LogP contribution >= 0.6 is 0 Å². The van der Waals surface area contributed by atoms with Gasteiger partial charge in [-0.25, -0.2) is 0 Å². The summed E-state index contributed by atoms with van der Waals surface area (Å²) >= 11 is 0. The van der Waals surface area contributed by atoms with Crippen molar-refractivity contribution in [1.29, 1.82) is 0 Å². The van der Waals surface area contributed by atoms with E-state index < -0.39 is 0 Å². The van der Waals surface area contributed by atoms with Crippen LogP contribution in [0.4, 0.5) is 0 Å². The van der Waals surface area contributed by atoms with E-state index in [4.69, 9.17) is 4.74 Å². The second-order valence-electron chi connectivity index (χ2n) is 6.72. The maximum atomic E-state index is 5.59. The Hall–Kier alpha value is -0.120. The lowest BCUT2D eigenvalue weighted by Crippen LogP contribution is -2.44. The normalized spacial score (nSPS) is 22.7. The van der Waals surface area contributed by atoms with Gasteiger partial charge in [0, 0.05) is 19.7 Å². The first-order valence-corrected chi connectivity index (χ1v) is 7.98. The van der Waals surface area contributed by atoms with Gasteiger partial charge in [0.05, 0.1) is 5.60 Å². The van der Waals surface area contributed by atoms with Crippen LogP contribution in [-0.2, 0) is 4.74 Å². The largest absolute Gasteiger partial charge is 0.379 e. The molecule has 3 heteroatoms. The van der Waals surface area contributed by atoms with Gasteiger partial charge in [0.15, 0.2) is 0 Å². The molecule has 1 aliphatic heterocycles. The van der Waals surface area contributed by atoms with Crippen molar-refractivity contribution in [2.75, 3.05) is 33.3 Å². The van der Waals surface area contributed by atoms with Crippen LogP contribution in [0.3, 0.4) is 0 Å². The van der Waals surface area contributed by atoms with E-state index in [2.05, 4.69) is 37.9 Å². The number of piperidine rings is 1. The summed E-state index contributed by atoms with van der Waals surface area (Å²) < 4.78 is 5.59. The molecule has 0 aromatic heterocycles. The maximum absolute atomic E-state index is 5.59. The highest BCUT2D eigenvalue weighted by Gasteiger charge is 2.26. The molecule has 1 saturated heterocycles. The third-order valence-electron chi connectivity index (χ3n) is 4.37. The first-order chi connectivity index (χ1) is 8.98. The SMILES string of the molecule is CCCN(CC1CCCNC1)C(C)CC(C)(C)OC. The minimum absolute atomic E-state index is 0.0176. The molecule has 0 aliphatic carbocycles. The van der Waals surface area contributed by atoms with Crippen molar-refractivity contribution in [2.24, 2.45) is 5.92 Å². The van der Waals surface area contributed by atoms with Crippen LogP contribution in [0.5, 0.6) is 0 Å². The molecule has 1 heterocycles. The van der Waals surface area contributed by atoms with Crippen molar-refractivity contribution in [2.45, 2.75) is 65.0 Å². The Morgan fingerprint density at radius 3 is 2.68 bits per heavy atom. The van der Waals surface area contributed by atoms with Gasteiger partial charge in [-0.15, -0.1) is 0 Å². The molecular weight excluding hydrogens is 236 g/mol. The van der Waals surface area contributed by atoms with Gasteiger partial charge < -0.3 is 15.0 Å². The molecule has 1 aliphatic rings. The van der Waals surface area contributed by atoms with Crippen LogP contribution in [0.2, 0.25) is 0 Å². The quantitative estimate of drug-likeness (QED) is 0.734. The predicted molar refractivity (Wildman–Crippen MR) is 82.6 cm³/mol. The smallest absolute Gasteiger partial charge is 0.0637 e. The minimum Gasteiger partial charge on any atom is -0.379 e. The highest BCUT2D eigenvalue weighted by molar-refractivity contribution is 4.80. The van der Waals surface area contributed by atoms with Crippen LogP contribution in [0.1, 0.15) is 53.4 Å². The fourth-order valence-corrected chi connectivity index (χ4v) is 3.11. The van der Waals surface area contributed by atoms with Gasteiger partial charge >= 0.3 is 0 Å². The molecule has 2 atom stereocenters. The molecule has 0 saturated carbocycles. The molecule has 0 radical (unpaired) electrons. The summed E-state index contributed by atoms with van der Waals surface area (Å²) in [6.07, 6.45) is 5.05. The van der Waals surface area contributed by atoms with Gasteiger partial charge in [0.25, 0.3) is 0 Å². The van der Waals surface area contributed by atoms with Crippen molar-refractivity contribution in [3.05, 3.63) is 0 Å². The fraction of sp³-hybridized carbons (Fsp3) is 1.00. The molecule has 19 heavy (non-hydrogen) atoms. The lowest BCUT2D eigenvalue weighted by molar-refractivity contribution is -0.00851. The number of methoxy groups -OCH3 is 1. The zero-order valence-corrected chi connectivity index (χ0v) is 13.7. The fourth-order valence-electron chi connectivity index (χ4n) is 3.11. The number of rotatable bonds is 8. The van der Waals surface area contributed by atoms with Crippen LogP contribution in [0, 0.1) is 5.92 Å². The molecule has 1 N–H and O–H groups in total. The number of ether oxygens (including phenoxy) is 1. The summed E-state index contributed by atoms with van der Waals surface area (Å²) in [4.78, 5) is 2.67. The molecule has 0 bridgehead atoms. The van der Waals surface area contributed by atoms with Crippen LogP contribution in [0.15, 0.2) is 0 Å². The summed E-state index contributed by atoms with van der Waals surface area (Å²) in [7, 11) is 1.82. The molecule has 2 unspecified atom stereocenters. The second kappa shape index (κ2) is 8.23. The molecular formula is C16H34N2O. The van der Waals surface area contributed by atoms with Gasteiger partial charge in [0.2, 0.25) is 0 Å². The monoisotopic (exact) mass is 270 g/mol. The number of hydrogen-bond acceptors (Lipinski definition) is 3. The Morgan fingerprint density at radius 2 is 2.16 bits per heavy atom. The van der Waals surface area contributed by atoms with E-state index in [9.17, 15) is 0 Å². The van der Waals surface area contributed by atoms with Gasteiger partial charge in [-0.2, -0.15) is 0 Å². The van der Waals surface area contributed by atoms with E-state index in [1.807, 2.05) is 7.11 Å². The second-order valence-corrected chi connectivity index (χ2v) is 6.72. The maximum Gasteiger partial charge on any atom is 0.0637 e. The number of hydrogen-bond donors (Lipinski definition) is 1. The van der Waals surface area contributed by atoms with E-state index in [0.717, 1.165) is 12.3 Å². The predicted octanol–water partition coefficient (Wildman–Crippen LogP) is 2.90. The van der Waals surface area contributed by atoms with E-state index >= 15 is 0 Å². The van der Waals surface area contributed by atoms with Crippen LogP contribution in [-0.4, -0.2) is 49.8 Å². The zero-order chi connectivity index (χ0) is 14.3. The Kier molecular flexibility index (Phi) is 7.33. The van der Waals surface area contributed by atoms with Crippen LogP contribution < -0.4 is 5.32 Å². The highest BCUT2D eigenvalue weighted by Crippen LogP contribution is 2.21. The van der Waals surface area contributed by atoms with Gasteiger partial charge in [-0.1, -0.05) is 6.92 Å². The third kappa shape index (κ3) is 6.24. The highest BCUT2D eigenvalue weighted by atomic mass is 16.5. The Balaban J connectivity index is 2.49. The standard InChI is InChI=1S/C16H34N2O/c1-6-10-18(13-15-8-7-9-17-12-15)14(2)11-16(3,4)19-5/h14-15,17H,6-13H2,1-5H3. The molecule has 0 spiro atoms. The first-order valence-electron chi connectivity index (χ1n) is 7.98. The third-order valence-corrected chi connectivity index (χ3v) is 4.37. The molecule has 0 amide bonds. The van der Waals surface area contributed by atoms with Crippen LogP contribution in [0.25, 0.3) is 0 Å². The summed E-state index contributed by atoms with van der Waals surface area (Å²) in [5.74, 6) is 0.827. The minimum atomic E-state index is -0.0176. The van der Waals surface area contributed by atoms with Gasteiger partial charge in [0.1, 0.15) is 0 Å². The van der Waals surface area contributed by atoms with E-state index in [1.165, 1.54) is 45.4 Å². The Labute approximate surface area is 120 Å². The lowest BCUT2D eigenvalue weighted by atomic mass is 9.95. The van der Waals surface area contributed by atoms with Crippen molar-refractivity contribution >= 4 is 0 Å². The van der Waals surface area contributed by atoms with Crippen molar-refractivity contribution < 1.29 is 4.74 Å². The van der Waals surface area contributed by atoms with Gasteiger partial charge in [-0.3, -0.25) is 0 Å². The Bertz CT molecular complexity index is 237. The molecule has 0 aromatic rings. The molecule has 114 valence electrons. The Morgan fingerprint density at radius 1 is 1.42 bits per heavy atom. The topological polar surface area (TPSA) is 24.5 Å². The van der Waals surface area contributed by atoms with Crippen molar-refractivity contribution in [3.8, 4) is 0 Å². The molecule has 0 aromatic carbocycles. The molecule has 1 fully saturated rings. The van der Waals surface area contributed by atoms with Crippen molar-refractivity contribution in [3.63, 3.8) is 0 Å².